The van der Waals surface area contributed by atoms with Crippen LogP contribution in [0.1, 0.15) is 25.8 Å². The van der Waals surface area contributed by atoms with Crippen LogP contribution in [0.5, 0.6) is 0 Å². The SMILES string of the molecule is CCCN(Cc1ccccc1)NC[C@@](C)(O)CS(=O)(=O)c1ccc(N)cc1. The second kappa shape index (κ2) is 9.32. The molecule has 0 heterocycles. The van der Waals surface area contributed by atoms with Gasteiger partial charge in [0, 0.05) is 25.3 Å². The molecule has 0 fully saturated rings. The Morgan fingerprint density at radius 2 is 1.74 bits per heavy atom. The Kier molecular flexibility index (Phi) is 7.38. The molecule has 0 bridgehead atoms. The Morgan fingerprint density at radius 3 is 2.33 bits per heavy atom. The van der Waals surface area contributed by atoms with Crippen molar-refractivity contribution in [3.8, 4) is 0 Å². The lowest BCUT2D eigenvalue weighted by Crippen LogP contribution is -2.49. The zero-order chi connectivity index (χ0) is 19.9. The lowest BCUT2D eigenvalue weighted by molar-refractivity contribution is 0.0477. The molecule has 2 rings (SSSR count). The van der Waals surface area contributed by atoms with Crippen LogP contribution in [-0.4, -0.2) is 43.0 Å². The predicted molar refractivity (Wildman–Crippen MR) is 109 cm³/mol. The Bertz CT molecular complexity index is 806. The normalized spacial score (nSPS) is 14.2. The Hall–Kier alpha value is -1.93. The van der Waals surface area contributed by atoms with Crippen molar-refractivity contribution in [2.24, 2.45) is 0 Å². The summed E-state index contributed by atoms with van der Waals surface area (Å²) in [5.41, 5.74) is 9.03. The number of nitrogens with two attached hydrogens (primary N) is 1. The van der Waals surface area contributed by atoms with Gasteiger partial charge in [0.2, 0.25) is 0 Å². The second-order valence-electron chi connectivity index (χ2n) is 7.07. The number of hydrazine groups is 1. The van der Waals surface area contributed by atoms with Crippen molar-refractivity contribution in [3.63, 3.8) is 0 Å². The number of nitrogens with zero attached hydrogens (tertiary/aromatic N) is 1. The molecule has 0 aliphatic heterocycles. The summed E-state index contributed by atoms with van der Waals surface area (Å²) in [6.45, 7) is 5.20. The second-order valence-corrected chi connectivity index (χ2v) is 9.06. The van der Waals surface area contributed by atoms with Gasteiger partial charge < -0.3 is 10.8 Å². The quantitative estimate of drug-likeness (QED) is 0.425. The van der Waals surface area contributed by atoms with Gasteiger partial charge >= 0.3 is 0 Å². The number of rotatable bonds is 10. The van der Waals surface area contributed by atoms with E-state index in [0.29, 0.717) is 12.2 Å². The molecule has 2 aromatic carbocycles. The van der Waals surface area contributed by atoms with Gasteiger partial charge in [-0.25, -0.2) is 13.4 Å². The molecular weight excluding hydrogens is 362 g/mol. The third kappa shape index (κ3) is 6.95. The lowest BCUT2D eigenvalue weighted by atomic mass is 10.1. The summed E-state index contributed by atoms with van der Waals surface area (Å²) >= 11 is 0. The van der Waals surface area contributed by atoms with Gasteiger partial charge in [0.25, 0.3) is 0 Å². The minimum absolute atomic E-state index is 0.133. The molecule has 0 aliphatic carbocycles. The molecule has 6 nitrogen and oxygen atoms in total. The molecule has 0 spiro atoms. The average molecular weight is 392 g/mol. The molecular formula is C20H29N3O3S. The molecule has 0 aliphatic rings. The highest BCUT2D eigenvalue weighted by Crippen LogP contribution is 2.18. The van der Waals surface area contributed by atoms with Crippen molar-refractivity contribution in [2.75, 3.05) is 24.6 Å². The molecule has 0 amide bonds. The van der Waals surface area contributed by atoms with Crippen LogP contribution in [0.2, 0.25) is 0 Å². The molecule has 0 saturated heterocycles. The Morgan fingerprint density at radius 1 is 1.11 bits per heavy atom. The Balaban J connectivity index is 1.99. The first kappa shape index (κ1) is 21.4. The summed E-state index contributed by atoms with van der Waals surface area (Å²) in [6.07, 6.45) is 0.936. The first-order valence-electron chi connectivity index (χ1n) is 9.05. The van der Waals surface area contributed by atoms with Gasteiger partial charge in [-0.15, -0.1) is 0 Å². The summed E-state index contributed by atoms with van der Waals surface area (Å²) in [5.74, 6) is -0.373. The van der Waals surface area contributed by atoms with Crippen LogP contribution in [0.25, 0.3) is 0 Å². The molecule has 2 aromatic rings. The number of nitrogen functional groups attached to an aromatic ring is 1. The smallest absolute Gasteiger partial charge is 0.181 e. The molecule has 7 heteroatoms. The monoisotopic (exact) mass is 391 g/mol. The third-order valence-electron chi connectivity index (χ3n) is 4.13. The van der Waals surface area contributed by atoms with Gasteiger partial charge in [-0.2, -0.15) is 0 Å². The highest BCUT2D eigenvalue weighted by atomic mass is 32.2. The first-order valence-corrected chi connectivity index (χ1v) is 10.7. The van der Waals surface area contributed by atoms with Crippen LogP contribution in [0.4, 0.5) is 5.69 Å². The Labute approximate surface area is 161 Å². The van der Waals surface area contributed by atoms with E-state index >= 15 is 0 Å². The van der Waals surface area contributed by atoms with E-state index in [2.05, 4.69) is 12.3 Å². The molecule has 148 valence electrons. The van der Waals surface area contributed by atoms with Crippen LogP contribution < -0.4 is 11.2 Å². The van der Waals surface area contributed by atoms with E-state index in [0.717, 1.165) is 18.5 Å². The molecule has 4 N–H and O–H groups in total. The van der Waals surface area contributed by atoms with E-state index < -0.39 is 15.4 Å². The largest absolute Gasteiger partial charge is 0.399 e. The number of hydrogen-bond acceptors (Lipinski definition) is 6. The van der Waals surface area contributed by atoms with Crippen LogP contribution in [0.3, 0.4) is 0 Å². The fourth-order valence-electron chi connectivity index (χ4n) is 2.79. The van der Waals surface area contributed by atoms with Crippen LogP contribution in [-0.2, 0) is 16.4 Å². The number of aliphatic hydroxyl groups is 1. The summed E-state index contributed by atoms with van der Waals surface area (Å²) in [6, 6.07) is 16.0. The van der Waals surface area contributed by atoms with E-state index in [-0.39, 0.29) is 17.2 Å². The molecule has 0 unspecified atom stereocenters. The summed E-state index contributed by atoms with van der Waals surface area (Å²) in [5, 5.41) is 12.7. The van der Waals surface area contributed by atoms with Gasteiger partial charge in [0.05, 0.1) is 16.2 Å². The van der Waals surface area contributed by atoms with Gasteiger partial charge in [-0.1, -0.05) is 37.3 Å². The molecule has 27 heavy (non-hydrogen) atoms. The van der Waals surface area contributed by atoms with E-state index in [4.69, 9.17) is 5.73 Å². The van der Waals surface area contributed by atoms with E-state index in [1.165, 1.54) is 19.1 Å². The summed E-state index contributed by atoms with van der Waals surface area (Å²) in [7, 11) is -3.62. The van der Waals surface area contributed by atoms with Crippen molar-refractivity contribution in [3.05, 3.63) is 60.2 Å². The van der Waals surface area contributed by atoms with E-state index in [1.54, 1.807) is 12.1 Å². The van der Waals surface area contributed by atoms with Gasteiger partial charge in [-0.05, 0) is 43.2 Å². The van der Waals surface area contributed by atoms with Gasteiger partial charge in [0.15, 0.2) is 9.84 Å². The maximum atomic E-state index is 12.6. The standard InChI is InChI=1S/C20H29N3O3S/c1-3-13-23(14-17-7-5-4-6-8-17)22-15-20(2,24)16-27(25,26)19-11-9-18(21)10-12-19/h4-12,22,24H,3,13-16,21H2,1-2H3/t20-/m1/s1. The minimum atomic E-state index is -3.62. The van der Waals surface area contributed by atoms with Crippen LogP contribution in [0.15, 0.2) is 59.5 Å². The van der Waals surface area contributed by atoms with Crippen molar-refractivity contribution < 1.29 is 13.5 Å². The van der Waals surface area contributed by atoms with Gasteiger partial charge in [-0.3, -0.25) is 5.43 Å². The van der Waals surface area contributed by atoms with E-state index in [1.807, 2.05) is 35.3 Å². The van der Waals surface area contributed by atoms with Crippen LogP contribution in [0, 0.1) is 0 Å². The molecule has 0 aromatic heterocycles. The summed E-state index contributed by atoms with van der Waals surface area (Å²) < 4.78 is 25.2. The van der Waals surface area contributed by atoms with Crippen molar-refractivity contribution in [1.82, 2.24) is 10.4 Å². The minimum Gasteiger partial charge on any atom is -0.399 e. The number of hydrogen-bond donors (Lipinski definition) is 3. The highest BCUT2D eigenvalue weighted by molar-refractivity contribution is 7.91. The topological polar surface area (TPSA) is 95.7 Å². The fraction of sp³-hybridized carbons (Fsp3) is 0.400. The van der Waals surface area contributed by atoms with Crippen LogP contribution >= 0.6 is 0 Å². The number of nitrogens with one attached hydrogen (secondary N) is 1. The van der Waals surface area contributed by atoms with E-state index in [9.17, 15) is 13.5 Å². The maximum absolute atomic E-state index is 12.6. The zero-order valence-electron chi connectivity index (χ0n) is 15.9. The average Bonchev–Trinajstić information content (AvgIpc) is 2.60. The summed E-state index contributed by atoms with van der Waals surface area (Å²) in [4.78, 5) is 0.159. The molecule has 1 atom stereocenters. The maximum Gasteiger partial charge on any atom is 0.181 e. The fourth-order valence-corrected chi connectivity index (χ4v) is 4.43. The van der Waals surface area contributed by atoms with Crippen molar-refractivity contribution in [1.29, 1.82) is 0 Å². The van der Waals surface area contributed by atoms with Gasteiger partial charge in [0.1, 0.15) is 0 Å². The number of anilines is 1. The number of benzene rings is 2. The first-order chi connectivity index (χ1) is 12.7. The van der Waals surface area contributed by atoms with Crippen molar-refractivity contribution in [2.45, 2.75) is 37.3 Å². The third-order valence-corrected chi connectivity index (χ3v) is 6.13. The lowest BCUT2D eigenvalue weighted by Gasteiger charge is -2.29. The molecule has 0 radical (unpaired) electrons. The highest BCUT2D eigenvalue weighted by Gasteiger charge is 2.30. The zero-order valence-corrected chi connectivity index (χ0v) is 16.7. The van der Waals surface area contributed by atoms with Crippen molar-refractivity contribution >= 4 is 15.5 Å². The predicted octanol–water partition coefficient (Wildman–Crippen LogP) is 2.21. The molecule has 0 saturated carbocycles. The number of sulfone groups is 1.